The van der Waals surface area contributed by atoms with Gasteiger partial charge in [0.05, 0.1) is 11.9 Å². The lowest BCUT2D eigenvalue weighted by atomic mass is 10.0. The van der Waals surface area contributed by atoms with Gasteiger partial charge >= 0.3 is 6.09 Å². The summed E-state index contributed by atoms with van der Waals surface area (Å²) in [5, 5.41) is 0. The van der Waals surface area contributed by atoms with E-state index in [4.69, 9.17) is 4.74 Å². The van der Waals surface area contributed by atoms with Gasteiger partial charge in [-0.2, -0.15) is 0 Å². The fraction of sp³-hybridized carbons (Fsp3) is 0.533. The minimum Gasteiger partial charge on any atom is -0.444 e. The van der Waals surface area contributed by atoms with Gasteiger partial charge < -0.3 is 9.64 Å². The molecule has 0 aromatic carbocycles. The Balaban J connectivity index is 2.02. The number of aromatic nitrogens is 1. The molecule has 6 nitrogen and oxygen atoms in total. The number of amides is 2. The van der Waals surface area contributed by atoms with Crippen LogP contribution < -0.4 is 4.90 Å². The smallest absolute Gasteiger partial charge is 0.410 e. The zero-order chi connectivity index (χ0) is 15.6. The molecule has 1 aliphatic rings. The van der Waals surface area contributed by atoms with E-state index in [9.17, 15) is 9.59 Å². The van der Waals surface area contributed by atoms with Crippen LogP contribution in [0.25, 0.3) is 0 Å². The third kappa shape index (κ3) is 3.51. The molecule has 0 radical (unpaired) electrons. The van der Waals surface area contributed by atoms with Crippen LogP contribution in [0.5, 0.6) is 0 Å². The van der Waals surface area contributed by atoms with E-state index >= 15 is 0 Å². The van der Waals surface area contributed by atoms with Crippen LogP contribution in [0, 0.1) is 0 Å². The van der Waals surface area contributed by atoms with Crippen LogP contribution in [-0.2, 0) is 9.53 Å². The highest BCUT2D eigenvalue weighted by molar-refractivity contribution is 5.99. The first-order valence-corrected chi connectivity index (χ1v) is 6.97. The van der Waals surface area contributed by atoms with Gasteiger partial charge in [-0.25, -0.2) is 4.79 Å². The number of carbonyl (C=O) groups is 2. The lowest BCUT2D eigenvalue weighted by Crippen LogP contribution is -2.59. The number of pyridine rings is 1. The molecule has 1 aliphatic heterocycles. The van der Waals surface area contributed by atoms with Crippen LogP contribution in [0.1, 0.15) is 27.2 Å². The second-order valence-corrected chi connectivity index (χ2v) is 6.09. The standard InChI is InChI=1S/C15H21N3O3/c1-15(2,3)21-14(20)18-9-7-12(18)13(19)17(4)11-6-5-8-16-10-11/h5-6,8,10,12H,7,9H2,1-4H3/t12-/m0/s1. The molecular weight excluding hydrogens is 270 g/mol. The van der Waals surface area contributed by atoms with Crippen LogP contribution in [-0.4, -0.2) is 47.1 Å². The zero-order valence-electron chi connectivity index (χ0n) is 12.9. The van der Waals surface area contributed by atoms with Crippen LogP contribution in [0.2, 0.25) is 0 Å². The number of ether oxygens (including phenoxy) is 1. The normalized spacial score (nSPS) is 17.9. The number of carbonyl (C=O) groups excluding carboxylic acids is 2. The highest BCUT2D eigenvalue weighted by Crippen LogP contribution is 2.24. The summed E-state index contributed by atoms with van der Waals surface area (Å²) >= 11 is 0. The second kappa shape index (κ2) is 5.71. The Kier molecular flexibility index (Phi) is 4.16. The molecule has 2 heterocycles. The topological polar surface area (TPSA) is 62.7 Å². The molecule has 1 atom stereocenters. The van der Waals surface area contributed by atoms with E-state index in [0.717, 1.165) is 0 Å². The number of likely N-dealkylation sites (N-methyl/N-ethyl adjacent to an activating group) is 1. The molecule has 1 fully saturated rings. The molecule has 0 unspecified atom stereocenters. The van der Waals surface area contributed by atoms with Gasteiger partial charge in [-0.15, -0.1) is 0 Å². The zero-order valence-corrected chi connectivity index (χ0v) is 12.9. The molecule has 0 aliphatic carbocycles. The summed E-state index contributed by atoms with van der Waals surface area (Å²) in [4.78, 5) is 31.5. The fourth-order valence-electron chi connectivity index (χ4n) is 2.09. The van der Waals surface area contributed by atoms with E-state index in [0.29, 0.717) is 18.7 Å². The molecular formula is C15H21N3O3. The SMILES string of the molecule is CN(C(=O)[C@@H]1CCN1C(=O)OC(C)(C)C)c1cccnc1. The first-order valence-electron chi connectivity index (χ1n) is 6.97. The molecule has 2 amide bonds. The molecule has 0 spiro atoms. The molecule has 6 heteroatoms. The van der Waals surface area contributed by atoms with E-state index in [1.54, 1.807) is 31.6 Å². The lowest BCUT2D eigenvalue weighted by Gasteiger charge is -2.41. The van der Waals surface area contributed by atoms with Crippen molar-refractivity contribution in [2.24, 2.45) is 0 Å². The Morgan fingerprint density at radius 1 is 1.43 bits per heavy atom. The predicted octanol–water partition coefficient (Wildman–Crippen LogP) is 2.05. The Bertz CT molecular complexity index is 525. The average molecular weight is 291 g/mol. The van der Waals surface area contributed by atoms with Gasteiger partial charge in [-0.1, -0.05) is 0 Å². The Hall–Kier alpha value is -2.11. The molecule has 0 saturated carbocycles. The highest BCUT2D eigenvalue weighted by Gasteiger charge is 2.41. The van der Waals surface area contributed by atoms with Crippen LogP contribution in [0.3, 0.4) is 0 Å². The summed E-state index contributed by atoms with van der Waals surface area (Å²) in [6.07, 6.45) is 3.49. The van der Waals surface area contributed by atoms with Crippen molar-refractivity contribution in [1.82, 2.24) is 9.88 Å². The van der Waals surface area contributed by atoms with Crippen molar-refractivity contribution in [2.75, 3.05) is 18.5 Å². The van der Waals surface area contributed by atoms with Crippen molar-refractivity contribution in [3.63, 3.8) is 0 Å². The van der Waals surface area contributed by atoms with Gasteiger partial charge in [0, 0.05) is 19.8 Å². The Labute approximate surface area is 124 Å². The van der Waals surface area contributed by atoms with Gasteiger partial charge in [-0.05, 0) is 39.3 Å². The quantitative estimate of drug-likeness (QED) is 0.836. The molecule has 1 saturated heterocycles. The van der Waals surface area contributed by atoms with Gasteiger partial charge in [0.15, 0.2) is 0 Å². The van der Waals surface area contributed by atoms with E-state index in [2.05, 4.69) is 4.98 Å². The predicted molar refractivity (Wildman–Crippen MR) is 79.0 cm³/mol. The Morgan fingerprint density at radius 2 is 2.14 bits per heavy atom. The van der Waals surface area contributed by atoms with Crippen molar-refractivity contribution in [1.29, 1.82) is 0 Å². The van der Waals surface area contributed by atoms with E-state index in [1.807, 2.05) is 20.8 Å². The van der Waals surface area contributed by atoms with Crippen molar-refractivity contribution in [3.05, 3.63) is 24.5 Å². The van der Waals surface area contributed by atoms with Crippen molar-refractivity contribution in [3.8, 4) is 0 Å². The molecule has 0 bridgehead atoms. The summed E-state index contributed by atoms with van der Waals surface area (Å²) < 4.78 is 5.31. The Morgan fingerprint density at radius 3 is 2.62 bits per heavy atom. The fourth-order valence-corrected chi connectivity index (χ4v) is 2.09. The molecule has 0 N–H and O–H groups in total. The third-order valence-electron chi connectivity index (χ3n) is 3.30. The van der Waals surface area contributed by atoms with Gasteiger partial charge in [0.2, 0.25) is 5.91 Å². The van der Waals surface area contributed by atoms with Crippen LogP contribution in [0.4, 0.5) is 10.5 Å². The summed E-state index contributed by atoms with van der Waals surface area (Å²) in [6.45, 7) is 5.97. The molecule has 1 aromatic rings. The largest absolute Gasteiger partial charge is 0.444 e. The lowest BCUT2D eigenvalue weighted by molar-refractivity contribution is -0.127. The monoisotopic (exact) mass is 291 g/mol. The summed E-state index contributed by atoms with van der Waals surface area (Å²) in [6, 6.07) is 3.12. The minimum atomic E-state index is -0.560. The summed E-state index contributed by atoms with van der Waals surface area (Å²) in [5.41, 5.74) is 0.147. The number of likely N-dealkylation sites (tertiary alicyclic amines) is 1. The maximum atomic E-state index is 12.5. The highest BCUT2D eigenvalue weighted by atomic mass is 16.6. The van der Waals surface area contributed by atoms with E-state index in [-0.39, 0.29) is 5.91 Å². The van der Waals surface area contributed by atoms with E-state index < -0.39 is 17.7 Å². The molecule has 114 valence electrons. The van der Waals surface area contributed by atoms with Crippen molar-refractivity contribution >= 4 is 17.7 Å². The van der Waals surface area contributed by atoms with Crippen molar-refractivity contribution in [2.45, 2.75) is 38.8 Å². The summed E-state index contributed by atoms with van der Waals surface area (Å²) in [7, 11) is 1.69. The first-order chi connectivity index (χ1) is 9.79. The first kappa shape index (κ1) is 15.3. The number of nitrogens with zero attached hydrogens (tertiary/aromatic N) is 3. The minimum absolute atomic E-state index is 0.125. The average Bonchev–Trinajstić information content (AvgIpc) is 2.35. The van der Waals surface area contributed by atoms with Gasteiger partial charge in [0.1, 0.15) is 11.6 Å². The molecule has 2 rings (SSSR count). The van der Waals surface area contributed by atoms with E-state index in [1.165, 1.54) is 9.80 Å². The second-order valence-electron chi connectivity index (χ2n) is 6.09. The summed E-state index contributed by atoms with van der Waals surface area (Å²) in [5.74, 6) is -0.125. The van der Waals surface area contributed by atoms with Crippen LogP contribution >= 0.6 is 0 Å². The van der Waals surface area contributed by atoms with Gasteiger partial charge in [-0.3, -0.25) is 14.7 Å². The number of hydrogen-bond donors (Lipinski definition) is 0. The molecule has 21 heavy (non-hydrogen) atoms. The number of hydrogen-bond acceptors (Lipinski definition) is 4. The maximum Gasteiger partial charge on any atom is 0.410 e. The van der Waals surface area contributed by atoms with Crippen LogP contribution in [0.15, 0.2) is 24.5 Å². The van der Waals surface area contributed by atoms with Gasteiger partial charge in [0.25, 0.3) is 0 Å². The maximum absolute atomic E-state index is 12.5. The number of rotatable bonds is 2. The molecule has 1 aromatic heterocycles. The number of anilines is 1. The van der Waals surface area contributed by atoms with Crippen molar-refractivity contribution < 1.29 is 14.3 Å². The third-order valence-corrected chi connectivity index (χ3v) is 3.30.